The molecule has 0 radical (unpaired) electrons. The van der Waals surface area contributed by atoms with Crippen LogP contribution in [0.1, 0.15) is 37.3 Å². The van der Waals surface area contributed by atoms with Crippen molar-refractivity contribution in [3.05, 3.63) is 35.4 Å². The summed E-state index contributed by atoms with van der Waals surface area (Å²) in [4.78, 5) is 0. The molecule has 14 heavy (non-hydrogen) atoms. The monoisotopic (exact) mass is 187 g/mol. The first-order valence-electron chi connectivity index (χ1n) is 5.14. The smallest absolute Gasteiger partial charge is 0.0245 e. The maximum atomic E-state index is 5.50. The number of benzene rings is 1. The Labute approximate surface area is 86.3 Å². The fourth-order valence-corrected chi connectivity index (χ4v) is 1.15. The molecule has 0 saturated carbocycles. The van der Waals surface area contributed by atoms with E-state index in [0.717, 1.165) is 17.5 Å². The van der Waals surface area contributed by atoms with Gasteiger partial charge in [-0.2, -0.15) is 0 Å². The summed E-state index contributed by atoms with van der Waals surface area (Å²) < 4.78 is 0. The molecule has 0 bridgehead atoms. The van der Waals surface area contributed by atoms with Crippen LogP contribution in [0.2, 0.25) is 0 Å². The van der Waals surface area contributed by atoms with Crippen LogP contribution in [0.5, 0.6) is 0 Å². The molecule has 0 heterocycles. The largest absolute Gasteiger partial charge is 0.326 e. The molecular formula is C13H17N. The Morgan fingerprint density at radius 2 is 1.93 bits per heavy atom. The van der Waals surface area contributed by atoms with Gasteiger partial charge in [0.05, 0.1) is 0 Å². The van der Waals surface area contributed by atoms with Crippen molar-refractivity contribution in [2.75, 3.05) is 0 Å². The molecule has 2 N–H and O–H groups in total. The molecule has 0 amide bonds. The van der Waals surface area contributed by atoms with Crippen molar-refractivity contribution in [3.8, 4) is 11.8 Å². The molecule has 0 aliphatic rings. The normalized spacial score (nSPS) is 9.29. The average molecular weight is 187 g/mol. The van der Waals surface area contributed by atoms with Gasteiger partial charge >= 0.3 is 0 Å². The average Bonchev–Trinajstić information content (AvgIpc) is 2.25. The lowest BCUT2D eigenvalue weighted by molar-refractivity contribution is 0.828. The number of nitrogens with two attached hydrogens (primary N) is 1. The second kappa shape index (κ2) is 6.23. The third-order valence-electron chi connectivity index (χ3n) is 2.08. The van der Waals surface area contributed by atoms with Gasteiger partial charge in [-0.25, -0.2) is 0 Å². The third-order valence-corrected chi connectivity index (χ3v) is 2.08. The SMILES string of the molecule is CCCCC#Cc1ccc(CN)cc1. The van der Waals surface area contributed by atoms with Gasteiger partial charge in [-0.15, -0.1) is 0 Å². The van der Waals surface area contributed by atoms with E-state index in [0.29, 0.717) is 6.54 Å². The second-order valence-corrected chi connectivity index (χ2v) is 3.31. The first kappa shape index (κ1) is 10.8. The van der Waals surface area contributed by atoms with Crippen molar-refractivity contribution in [2.45, 2.75) is 32.7 Å². The van der Waals surface area contributed by atoms with Gasteiger partial charge in [0.1, 0.15) is 0 Å². The molecule has 1 aromatic carbocycles. The summed E-state index contributed by atoms with van der Waals surface area (Å²) in [5, 5.41) is 0. The quantitative estimate of drug-likeness (QED) is 0.571. The molecule has 0 aromatic heterocycles. The van der Waals surface area contributed by atoms with Gasteiger partial charge < -0.3 is 5.73 Å². The molecule has 0 unspecified atom stereocenters. The van der Waals surface area contributed by atoms with Crippen LogP contribution in [0.25, 0.3) is 0 Å². The van der Waals surface area contributed by atoms with E-state index in [9.17, 15) is 0 Å². The highest BCUT2D eigenvalue weighted by Crippen LogP contribution is 2.02. The molecule has 1 heteroatoms. The predicted octanol–water partition coefficient (Wildman–Crippen LogP) is 2.69. The zero-order valence-electron chi connectivity index (χ0n) is 8.72. The van der Waals surface area contributed by atoms with E-state index in [1.807, 2.05) is 24.3 Å². The molecule has 0 atom stereocenters. The summed E-state index contributed by atoms with van der Waals surface area (Å²) in [6.45, 7) is 2.78. The number of hydrogen-bond acceptors (Lipinski definition) is 1. The molecule has 0 spiro atoms. The van der Waals surface area contributed by atoms with E-state index in [4.69, 9.17) is 5.73 Å². The zero-order chi connectivity index (χ0) is 10.2. The lowest BCUT2D eigenvalue weighted by Gasteiger charge is -1.95. The van der Waals surface area contributed by atoms with Gasteiger partial charge in [-0.05, 0) is 24.1 Å². The molecule has 0 aliphatic carbocycles. The van der Waals surface area contributed by atoms with Gasteiger partial charge in [-0.3, -0.25) is 0 Å². The Hall–Kier alpha value is -1.26. The number of hydrogen-bond donors (Lipinski definition) is 1. The van der Waals surface area contributed by atoms with Crippen molar-refractivity contribution in [1.29, 1.82) is 0 Å². The van der Waals surface area contributed by atoms with E-state index in [1.165, 1.54) is 12.8 Å². The van der Waals surface area contributed by atoms with E-state index in [1.54, 1.807) is 0 Å². The molecule has 74 valence electrons. The van der Waals surface area contributed by atoms with Crippen LogP contribution in [0.4, 0.5) is 0 Å². The standard InChI is InChI=1S/C13H17N/c1-2-3-4-5-6-12-7-9-13(11-14)10-8-12/h7-10H,2-4,11,14H2,1H3. The van der Waals surface area contributed by atoms with Crippen LogP contribution in [0.15, 0.2) is 24.3 Å². The molecule has 1 rings (SSSR count). The van der Waals surface area contributed by atoms with Crippen molar-refractivity contribution in [2.24, 2.45) is 5.73 Å². The maximum absolute atomic E-state index is 5.50. The van der Waals surface area contributed by atoms with Crippen LogP contribution in [0.3, 0.4) is 0 Å². The molecule has 1 nitrogen and oxygen atoms in total. The molecular weight excluding hydrogens is 170 g/mol. The summed E-state index contributed by atoms with van der Waals surface area (Å²) >= 11 is 0. The highest BCUT2D eigenvalue weighted by molar-refractivity contribution is 5.35. The Morgan fingerprint density at radius 1 is 1.21 bits per heavy atom. The van der Waals surface area contributed by atoms with Crippen LogP contribution in [-0.2, 0) is 6.54 Å². The highest BCUT2D eigenvalue weighted by Gasteiger charge is 1.88. The highest BCUT2D eigenvalue weighted by atomic mass is 14.5. The maximum Gasteiger partial charge on any atom is 0.0245 e. The predicted molar refractivity (Wildman–Crippen MR) is 60.7 cm³/mol. The first-order chi connectivity index (χ1) is 6.86. The summed E-state index contributed by atoms with van der Waals surface area (Å²) in [5.41, 5.74) is 7.74. The van der Waals surface area contributed by atoms with Gasteiger partial charge in [0.2, 0.25) is 0 Å². The Kier molecular flexibility index (Phi) is 4.82. The Bertz CT molecular complexity index is 313. The molecule has 0 aliphatic heterocycles. The lowest BCUT2D eigenvalue weighted by atomic mass is 10.1. The number of rotatable bonds is 3. The summed E-state index contributed by atoms with van der Waals surface area (Å²) in [7, 11) is 0. The van der Waals surface area contributed by atoms with E-state index < -0.39 is 0 Å². The van der Waals surface area contributed by atoms with Crippen molar-refractivity contribution < 1.29 is 0 Å². The van der Waals surface area contributed by atoms with Gasteiger partial charge in [0.15, 0.2) is 0 Å². The van der Waals surface area contributed by atoms with Crippen LogP contribution < -0.4 is 5.73 Å². The number of unbranched alkanes of at least 4 members (excludes halogenated alkanes) is 2. The minimum absolute atomic E-state index is 0.601. The molecule has 1 aromatic rings. The topological polar surface area (TPSA) is 26.0 Å². The Morgan fingerprint density at radius 3 is 2.50 bits per heavy atom. The fourth-order valence-electron chi connectivity index (χ4n) is 1.15. The lowest BCUT2D eigenvalue weighted by Crippen LogP contribution is -1.95. The second-order valence-electron chi connectivity index (χ2n) is 3.31. The summed E-state index contributed by atoms with van der Waals surface area (Å²) in [6, 6.07) is 8.12. The van der Waals surface area contributed by atoms with Crippen LogP contribution in [-0.4, -0.2) is 0 Å². The van der Waals surface area contributed by atoms with E-state index in [-0.39, 0.29) is 0 Å². The minimum atomic E-state index is 0.601. The van der Waals surface area contributed by atoms with Crippen LogP contribution >= 0.6 is 0 Å². The Balaban J connectivity index is 2.53. The van der Waals surface area contributed by atoms with Crippen molar-refractivity contribution in [1.82, 2.24) is 0 Å². The fraction of sp³-hybridized carbons (Fsp3) is 0.385. The van der Waals surface area contributed by atoms with Crippen molar-refractivity contribution in [3.63, 3.8) is 0 Å². The van der Waals surface area contributed by atoms with Gasteiger partial charge in [0.25, 0.3) is 0 Å². The van der Waals surface area contributed by atoms with Gasteiger partial charge in [-0.1, -0.05) is 37.3 Å². The van der Waals surface area contributed by atoms with Gasteiger partial charge in [0, 0.05) is 18.5 Å². The first-order valence-corrected chi connectivity index (χ1v) is 5.14. The third kappa shape index (κ3) is 3.64. The molecule has 0 fully saturated rings. The minimum Gasteiger partial charge on any atom is -0.326 e. The summed E-state index contributed by atoms with van der Waals surface area (Å²) in [5.74, 6) is 6.30. The van der Waals surface area contributed by atoms with E-state index in [2.05, 4.69) is 18.8 Å². The van der Waals surface area contributed by atoms with E-state index >= 15 is 0 Å². The summed E-state index contributed by atoms with van der Waals surface area (Å²) in [6.07, 6.45) is 3.39. The van der Waals surface area contributed by atoms with Crippen LogP contribution in [0, 0.1) is 11.8 Å². The van der Waals surface area contributed by atoms with Crippen molar-refractivity contribution >= 4 is 0 Å². The zero-order valence-corrected chi connectivity index (χ0v) is 8.72. The molecule has 0 saturated heterocycles.